The topological polar surface area (TPSA) is 215 Å². The number of carbonyl (C=O) groups is 6. The predicted octanol–water partition coefficient (Wildman–Crippen LogP) is 4.45. The summed E-state index contributed by atoms with van der Waals surface area (Å²) in [6.07, 6.45) is 0.216. The van der Waals surface area contributed by atoms with Gasteiger partial charge in [0.1, 0.15) is 22.9 Å². The van der Waals surface area contributed by atoms with Crippen LogP contribution in [0, 0.1) is 27.7 Å². The summed E-state index contributed by atoms with van der Waals surface area (Å²) in [5.41, 5.74) is 14.5. The molecule has 0 aliphatic heterocycles. The molecule has 1 atom stereocenters. The van der Waals surface area contributed by atoms with E-state index in [1.807, 2.05) is 13.8 Å². The smallest absolute Gasteiger partial charge is 0.412 e. The molecule has 0 aromatic heterocycles. The maximum atomic E-state index is 12.0. The van der Waals surface area contributed by atoms with Crippen LogP contribution < -0.4 is 22.1 Å². The molecule has 2 rings (SSSR count). The van der Waals surface area contributed by atoms with Gasteiger partial charge in [-0.2, -0.15) is 0 Å². The zero-order valence-electron chi connectivity index (χ0n) is 30.9. The van der Waals surface area contributed by atoms with Gasteiger partial charge in [0.25, 0.3) is 0 Å². The minimum absolute atomic E-state index is 0.0743. The minimum atomic E-state index is -0.906. The number of benzene rings is 2. The number of hydrogen-bond acceptors (Lipinski definition) is 10. The summed E-state index contributed by atoms with van der Waals surface area (Å²) in [5, 5.41) is 4.94. The van der Waals surface area contributed by atoms with Crippen LogP contribution in [0.5, 0.6) is 0 Å². The molecule has 2 aromatic carbocycles. The van der Waals surface area contributed by atoms with Crippen molar-refractivity contribution in [3.8, 4) is 0 Å². The van der Waals surface area contributed by atoms with Crippen LogP contribution in [0.25, 0.3) is 6.08 Å². The van der Waals surface area contributed by atoms with Crippen molar-refractivity contribution >= 4 is 42.0 Å². The maximum absolute atomic E-state index is 12.0. The van der Waals surface area contributed by atoms with Crippen LogP contribution >= 0.6 is 0 Å². The van der Waals surface area contributed by atoms with Crippen LogP contribution in [-0.2, 0) is 35.0 Å². The first-order valence-electron chi connectivity index (χ1n) is 15.6. The van der Waals surface area contributed by atoms with Crippen molar-refractivity contribution in [1.29, 1.82) is 0 Å². The highest BCUT2D eigenvalue weighted by atomic mass is 16.6. The van der Waals surface area contributed by atoms with Gasteiger partial charge in [0.15, 0.2) is 0 Å². The highest BCUT2D eigenvalue weighted by Crippen LogP contribution is 2.21. The fourth-order valence-electron chi connectivity index (χ4n) is 4.61. The van der Waals surface area contributed by atoms with Crippen LogP contribution in [0.3, 0.4) is 0 Å². The molecule has 0 saturated heterocycles. The third kappa shape index (κ3) is 14.0. The zero-order valence-corrected chi connectivity index (χ0v) is 30.9. The van der Waals surface area contributed by atoms with Crippen molar-refractivity contribution in [1.82, 2.24) is 10.6 Å². The van der Waals surface area contributed by atoms with Crippen LogP contribution in [-0.4, -0.2) is 67.4 Å². The maximum Gasteiger partial charge on any atom is 0.412 e. The number of amides is 4. The molecule has 0 bridgehead atoms. The van der Waals surface area contributed by atoms with Gasteiger partial charge in [-0.1, -0.05) is 0 Å². The van der Waals surface area contributed by atoms with Gasteiger partial charge in [-0.25, -0.2) is 19.2 Å². The summed E-state index contributed by atoms with van der Waals surface area (Å²) < 4.78 is 19.8. The Balaban J connectivity index is 0.000000500. The first kappa shape index (κ1) is 42.6. The predicted molar refractivity (Wildman–Crippen MR) is 187 cm³/mol. The summed E-state index contributed by atoms with van der Waals surface area (Å²) >= 11 is 0. The van der Waals surface area contributed by atoms with Crippen molar-refractivity contribution < 1.29 is 47.7 Å². The van der Waals surface area contributed by atoms with Crippen molar-refractivity contribution in [3.05, 3.63) is 74.5 Å². The fraction of sp³-hybridized carbons (Fsp3) is 0.444. The highest BCUT2D eigenvalue weighted by Gasteiger charge is 2.27. The molecule has 2 aromatic rings. The average molecular weight is 699 g/mol. The number of ether oxygens (including phenoxy) is 4. The third-order valence-corrected chi connectivity index (χ3v) is 6.77. The third-order valence-electron chi connectivity index (χ3n) is 6.77. The number of nitrogens with one attached hydrogen (secondary N) is 2. The van der Waals surface area contributed by atoms with Gasteiger partial charge in [-0.15, -0.1) is 0 Å². The Hall–Kier alpha value is -5.40. The van der Waals surface area contributed by atoms with E-state index in [9.17, 15) is 28.8 Å². The number of rotatable bonds is 9. The Morgan fingerprint density at radius 2 is 1.12 bits per heavy atom. The number of primary amides is 2. The molecule has 6 N–H and O–H groups in total. The average Bonchev–Trinajstić information content (AvgIpc) is 2.96. The van der Waals surface area contributed by atoms with Gasteiger partial charge in [0.05, 0.1) is 14.2 Å². The van der Waals surface area contributed by atoms with Crippen molar-refractivity contribution in [2.24, 2.45) is 11.5 Å². The molecule has 0 spiro atoms. The summed E-state index contributed by atoms with van der Waals surface area (Å²) in [5.74, 6) is -2.36. The number of hydrogen-bond donors (Lipinski definition) is 4. The molecule has 0 aliphatic carbocycles. The first-order chi connectivity index (χ1) is 22.9. The van der Waals surface area contributed by atoms with E-state index in [1.54, 1.807) is 79.7 Å². The second kappa shape index (κ2) is 17.8. The van der Waals surface area contributed by atoms with E-state index in [2.05, 4.69) is 10.6 Å². The van der Waals surface area contributed by atoms with E-state index in [1.165, 1.54) is 20.3 Å². The second-order valence-corrected chi connectivity index (χ2v) is 13.4. The van der Waals surface area contributed by atoms with Gasteiger partial charge in [-0.3, -0.25) is 14.9 Å². The SMILES string of the molecule is COC(=O)/C(=C/c1c(C)cc(C(N)=O)cc1C)NC(=O)OC(C)(C)C.COC(=O)C(Cc1c(C)cc(C(N)=O)cc1C)NC(=O)OC(C)(C)C. The first-order valence-corrected chi connectivity index (χ1v) is 15.6. The quantitative estimate of drug-likeness (QED) is 0.164. The number of alkyl carbamates (subject to hydrolysis) is 2. The Bertz CT molecular complexity index is 1600. The molecule has 0 heterocycles. The monoisotopic (exact) mass is 698 g/mol. The molecular weight excluding hydrogens is 648 g/mol. The van der Waals surface area contributed by atoms with E-state index in [4.69, 9.17) is 30.4 Å². The lowest BCUT2D eigenvalue weighted by atomic mass is 9.94. The molecular formula is C36H50N4O10. The summed E-state index contributed by atoms with van der Waals surface area (Å²) in [7, 11) is 2.46. The lowest BCUT2D eigenvalue weighted by Crippen LogP contribution is -2.45. The number of methoxy groups -OCH3 is 2. The highest BCUT2D eigenvalue weighted by molar-refractivity contribution is 5.98. The molecule has 0 fully saturated rings. The molecule has 4 amide bonds. The number of aryl methyl sites for hydroxylation is 4. The molecule has 0 aliphatic rings. The molecule has 0 radical (unpaired) electrons. The Kier molecular flexibility index (Phi) is 15.2. The van der Waals surface area contributed by atoms with Gasteiger partial charge < -0.3 is 35.7 Å². The lowest BCUT2D eigenvalue weighted by molar-refractivity contribution is -0.143. The Morgan fingerprint density at radius 3 is 1.50 bits per heavy atom. The van der Waals surface area contributed by atoms with E-state index >= 15 is 0 Å². The molecule has 0 saturated carbocycles. The van der Waals surface area contributed by atoms with E-state index in [-0.39, 0.29) is 12.1 Å². The standard InChI is InChI=1S/C18H26N2O5.C18H24N2O5/c2*1-10-7-12(15(19)21)8-11(2)13(10)9-14(16(22)24-6)20-17(23)25-18(3,4)5/h7-8,14H,9H2,1-6H3,(H2,19,21)(H,20,23);7-9H,1-6H3,(H2,19,21)(H,20,23)/b;14-9-. The number of carbonyl (C=O) groups excluding carboxylic acids is 6. The van der Waals surface area contributed by atoms with Crippen molar-refractivity contribution in [3.63, 3.8) is 0 Å². The number of nitrogens with two attached hydrogens (primary N) is 2. The van der Waals surface area contributed by atoms with E-state index in [0.29, 0.717) is 16.7 Å². The van der Waals surface area contributed by atoms with Gasteiger partial charge in [0.2, 0.25) is 11.8 Å². The van der Waals surface area contributed by atoms with Gasteiger partial charge >= 0.3 is 24.1 Å². The summed E-state index contributed by atoms with van der Waals surface area (Å²) in [6, 6.07) is 5.64. The molecule has 50 heavy (non-hydrogen) atoms. The largest absolute Gasteiger partial charge is 0.467 e. The Labute approximate surface area is 293 Å². The van der Waals surface area contributed by atoms with Crippen LogP contribution in [0.4, 0.5) is 9.59 Å². The normalized spacial score (nSPS) is 12.0. The number of esters is 2. The molecule has 274 valence electrons. The van der Waals surface area contributed by atoms with E-state index in [0.717, 1.165) is 27.8 Å². The minimum Gasteiger partial charge on any atom is -0.467 e. The van der Waals surface area contributed by atoms with Gasteiger partial charge in [0, 0.05) is 17.5 Å². The fourth-order valence-corrected chi connectivity index (χ4v) is 4.61. The zero-order chi connectivity index (χ0) is 38.7. The van der Waals surface area contributed by atoms with Crippen molar-refractivity contribution in [2.45, 2.75) is 92.9 Å². The molecule has 14 heteroatoms. The summed E-state index contributed by atoms with van der Waals surface area (Å²) in [4.78, 5) is 70.6. The van der Waals surface area contributed by atoms with Crippen LogP contribution in [0.1, 0.15) is 95.6 Å². The molecule has 14 nitrogen and oxygen atoms in total. The van der Waals surface area contributed by atoms with Crippen LogP contribution in [0.15, 0.2) is 30.0 Å². The van der Waals surface area contributed by atoms with E-state index < -0.39 is 53.2 Å². The van der Waals surface area contributed by atoms with Gasteiger partial charge in [-0.05, 0) is 133 Å². The Morgan fingerprint density at radius 1 is 0.700 bits per heavy atom. The second-order valence-electron chi connectivity index (χ2n) is 13.4. The lowest BCUT2D eigenvalue weighted by Gasteiger charge is -2.23. The molecule has 1 unspecified atom stereocenters. The summed E-state index contributed by atoms with van der Waals surface area (Å²) in [6.45, 7) is 17.5. The van der Waals surface area contributed by atoms with Crippen LogP contribution in [0.2, 0.25) is 0 Å². The van der Waals surface area contributed by atoms with Crippen molar-refractivity contribution in [2.75, 3.05) is 14.2 Å².